The Hall–Kier alpha value is -2.94. The number of likely N-dealkylation sites (N-methyl/N-ethyl adjacent to an activating group) is 1. The Kier molecular flexibility index (Phi) is 6.59. The van der Waals surface area contributed by atoms with Crippen LogP contribution in [0.1, 0.15) is 0 Å². The zero-order valence-electron chi connectivity index (χ0n) is 15.6. The quantitative estimate of drug-likeness (QED) is 0.529. The number of carbonyl (C=O) groups excluding carboxylic acids is 1. The molecule has 1 aromatic heterocycles. The molecular formula is C19H20BrN5O3. The zero-order valence-corrected chi connectivity index (χ0v) is 17.2. The van der Waals surface area contributed by atoms with Crippen molar-refractivity contribution in [2.24, 2.45) is 0 Å². The lowest BCUT2D eigenvalue weighted by Gasteiger charge is -2.17. The van der Waals surface area contributed by atoms with Crippen molar-refractivity contribution in [3.05, 3.63) is 53.0 Å². The van der Waals surface area contributed by atoms with Crippen LogP contribution in [0.3, 0.4) is 0 Å². The summed E-state index contributed by atoms with van der Waals surface area (Å²) in [6.07, 6.45) is 0. The number of methoxy groups -OCH3 is 1. The molecule has 0 saturated carbocycles. The number of hydrogen-bond donors (Lipinski definition) is 0. The summed E-state index contributed by atoms with van der Waals surface area (Å²) >= 11 is 3.38. The number of carbonyl (C=O) groups is 1. The number of aromatic nitrogens is 4. The minimum absolute atomic E-state index is 0.00571. The summed E-state index contributed by atoms with van der Waals surface area (Å²) < 4.78 is 11.8. The van der Waals surface area contributed by atoms with E-state index in [1.807, 2.05) is 48.5 Å². The smallest absolute Gasteiger partial charge is 0.246 e. The van der Waals surface area contributed by atoms with Crippen molar-refractivity contribution in [1.82, 2.24) is 25.1 Å². The number of hydrogen-bond acceptors (Lipinski definition) is 6. The summed E-state index contributed by atoms with van der Waals surface area (Å²) in [7, 11) is 3.31. The molecule has 2 aromatic carbocycles. The van der Waals surface area contributed by atoms with Gasteiger partial charge in [-0.1, -0.05) is 28.1 Å². The molecule has 0 unspecified atom stereocenters. The highest BCUT2D eigenvalue weighted by atomic mass is 79.9. The predicted octanol–water partition coefficient (Wildman–Crippen LogP) is 2.65. The van der Waals surface area contributed by atoms with Crippen molar-refractivity contribution in [3.8, 4) is 22.9 Å². The van der Waals surface area contributed by atoms with Crippen LogP contribution in [-0.2, 0) is 11.3 Å². The molecule has 9 heteroatoms. The van der Waals surface area contributed by atoms with Crippen molar-refractivity contribution in [1.29, 1.82) is 0 Å². The Morgan fingerprint density at radius 3 is 2.71 bits per heavy atom. The minimum atomic E-state index is -0.131. The van der Waals surface area contributed by atoms with Gasteiger partial charge in [0, 0.05) is 17.1 Å². The Morgan fingerprint density at radius 1 is 1.18 bits per heavy atom. The van der Waals surface area contributed by atoms with Gasteiger partial charge in [0.2, 0.25) is 11.7 Å². The number of benzene rings is 2. The van der Waals surface area contributed by atoms with Gasteiger partial charge in [-0.15, -0.1) is 10.2 Å². The number of halogens is 1. The first kappa shape index (κ1) is 19.8. The van der Waals surface area contributed by atoms with Gasteiger partial charge in [-0.2, -0.15) is 4.80 Å². The number of nitrogens with zero attached hydrogens (tertiary/aromatic N) is 5. The Bertz CT molecular complexity index is 929. The minimum Gasteiger partial charge on any atom is -0.497 e. The van der Waals surface area contributed by atoms with Crippen molar-refractivity contribution in [2.75, 3.05) is 27.3 Å². The summed E-state index contributed by atoms with van der Waals surface area (Å²) in [4.78, 5) is 15.2. The fourth-order valence-electron chi connectivity index (χ4n) is 2.39. The van der Waals surface area contributed by atoms with E-state index in [0.29, 0.717) is 24.7 Å². The largest absolute Gasteiger partial charge is 0.497 e. The summed E-state index contributed by atoms with van der Waals surface area (Å²) in [5.41, 5.74) is 0.773. The SMILES string of the molecule is COc1cccc(-c2nnn(CC(=O)N(C)CCOc3ccc(Br)cc3)n2)c1. The Balaban J connectivity index is 1.51. The second-order valence-electron chi connectivity index (χ2n) is 5.99. The summed E-state index contributed by atoms with van der Waals surface area (Å²) in [5.74, 6) is 1.77. The third-order valence-corrected chi connectivity index (χ3v) is 4.52. The molecule has 1 heterocycles. The van der Waals surface area contributed by atoms with E-state index in [2.05, 4.69) is 31.3 Å². The van der Waals surface area contributed by atoms with Gasteiger partial charge in [-0.05, 0) is 41.6 Å². The van der Waals surface area contributed by atoms with Gasteiger partial charge in [0.1, 0.15) is 24.7 Å². The highest BCUT2D eigenvalue weighted by Crippen LogP contribution is 2.20. The maximum atomic E-state index is 12.4. The lowest BCUT2D eigenvalue weighted by Crippen LogP contribution is -2.34. The van der Waals surface area contributed by atoms with E-state index in [4.69, 9.17) is 9.47 Å². The molecule has 0 radical (unpaired) electrons. The van der Waals surface area contributed by atoms with Gasteiger partial charge < -0.3 is 14.4 Å². The third kappa shape index (κ3) is 5.29. The van der Waals surface area contributed by atoms with Gasteiger partial charge in [0.15, 0.2) is 0 Å². The molecule has 0 atom stereocenters. The standard InChI is InChI=1S/C19H20BrN5O3/c1-24(10-11-28-16-8-6-15(20)7-9-16)18(26)13-25-22-19(21-23-25)14-4-3-5-17(12-14)27-2/h3-9,12H,10-11,13H2,1-2H3. The fourth-order valence-corrected chi connectivity index (χ4v) is 2.65. The lowest BCUT2D eigenvalue weighted by atomic mass is 10.2. The van der Waals surface area contributed by atoms with Gasteiger partial charge in [0.05, 0.1) is 13.7 Å². The van der Waals surface area contributed by atoms with Gasteiger partial charge in [0.25, 0.3) is 0 Å². The normalized spacial score (nSPS) is 10.5. The van der Waals surface area contributed by atoms with Crippen LogP contribution in [0.2, 0.25) is 0 Å². The van der Waals surface area contributed by atoms with Crippen molar-refractivity contribution < 1.29 is 14.3 Å². The second kappa shape index (κ2) is 9.32. The lowest BCUT2D eigenvalue weighted by molar-refractivity contribution is -0.131. The number of rotatable bonds is 8. The average Bonchev–Trinajstić information content (AvgIpc) is 3.18. The molecule has 0 spiro atoms. The monoisotopic (exact) mass is 445 g/mol. The summed E-state index contributed by atoms with van der Waals surface area (Å²) in [6.45, 7) is 0.849. The summed E-state index contributed by atoms with van der Waals surface area (Å²) in [5, 5.41) is 12.2. The van der Waals surface area contributed by atoms with Crippen LogP contribution in [0.5, 0.6) is 11.5 Å². The fraction of sp³-hybridized carbons (Fsp3) is 0.263. The highest BCUT2D eigenvalue weighted by molar-refractivity contribution is 9.10. The van der Waals surface area contributed by atoms with E-state index in [9.17, 15) is 4.79 Å². The number of tetrazole rings is 1. The number of amides is 1. The Morgan fingerprint density at radius 2 is 1.96 bits per heavy atom. The van der Waals surface area contributed by atoms with E-state index in [1.165, 1.54) is 4.80 Å². The predicted molar refractivity (Wildman–Crippen MR) is 107 cm³/mol. The van der Waals surface area contributed by atoms with E-state index >= 15 is 0 Å². The van der Waals surface area contributed by atoms with Gasteiger partial charge in [-0.3, -0.25) is 4.79 Å². The van der Waals surface area contributed by atoms with E-state index in [0.717, 1.165) is 15.8 Å². The van der Waals surface area contributed by atoms with E-state index in [1.54, 1.807) is 19.1 Å². The van der Waals surface area contributed by atoms with Crippen molar-refractivity contribution >= 4 is 21.8 Å². The average molecular weight is 446 g/mol. The van der Waals surface area contributed by atoms with Crippen LogP contribution in [0, 0.1) is 0 Å². The molecule has 0 saturated heterocycles. The van der Waals surface area contributed by atoms with Gasteiger partial charge in [-0.25, -0.2) is 0 Å². The van der Waals surface area contributed by atoms with Crippen LogP contribution >= 0.6 is 15.9 Å². The van der Waals surface area contributed by atoms with Crippen LogP contribution in [-0.4, -0.2) is 58.3 Å². The van der Waals surface area contributed by atoms with Crippen LogP contribution < -0.4 is 9.47 Å². The topological polar surface area (TPSA) is 82.4 Å². The molecule has 0 N–H and O–H groups in total. The molecule has 146 valence electrons. The first-order valence-corrected chi connectivity index (χ1v) is 9.39. The maximum absolute atomic E-state index is 12.4. The molecule has 1 amide bonds. The molecule has 0 bridgehead atoms. The summed E-state index contributed by atoms with van der Waals surface area (Å²) in [6, 6.07) is 14.9. The van der Waals surface area contributed by atoms with Crippen LogP contribution in [0.15, 0.2) is 53.0 Å². The number of ether oxygens (including phenoxy) is 2. The van der Waals surface area contributed by atoms with E-state index < -0.39 is 0 Å². The van der Waals surface area contributed by atoms with Crippen molar-refractivity contribution in [3.63, 3.8) is 0 Å². The molecule has 0 aliphatic heterocycles. The molecule has 0 aliphatic carbocycles. The molecule has 0 aliphatic rings. The molecular weight excluding hydrogens is 426 g/mol. The second-order valence-corrected chi connectivity index (χ2v) is 6.91. The van der Waals surface area contributed by atoms with Gasteiger partial charge >= 0.3 is 0 Å². The first-order chi connectivity index (χ1) is 13.5. The highest BCUT2D eigenvalue weighted by Gasteiger charge is 2.13. The molecule has 28 heavy (non-hydrogen) atoms. The molecule has 0 fully saturated rings. The Labute approximate surface area is 171 Å². The van der Waals surface area contributed by atoms with E-state index in [-0.39, 0.29) is 12.5 Å². The zero-order chi connectivity index (χ0) is 19.9. The van der Waals surface area contributed by atoms with Crippen molar-refractivity contribution in [2.45, 2.75) is 6.54 Å². The molecule has 3 aromatic rings. The molecule has 3 rings (SSSR count). The first-order valence-electron chi connectivity index (χ1n) is 8.60. The van der Waals surface area contributed by atoms with Crippen LogP contribution in [0.25, 0.3) is 11.4 Å². The van der Waals surface area contributed by atoms with Crippen LogP contribution in [0.4, 0.5) is 0 Å². The third-order valence-electron chi connectivity index (χ3n) is 3.99. The molecule has 8 nitrogen and oxygen atoms in total. The maximum Gasteiger partial charge on any atom is 0.246 e.